The number of carbonyl (C=O) groups excluding carboxylic acids is 1. The van der Waals surface area contributed by atoms with Gasteiger partial charge in [0.25, 0.3) is 5.91 Å². The minimum Gasteiger partial charge on any atom is -0.361 e. The third-order valence-corrected chi connectivity index (χ3v) is 5.00. The Balaban J connectivity index is 1.69. The van der Waals surface area contributed by atoms with Gasteiger partial charge in [0.1, 0.15) is 0 Å². The molecule has 4 rings (SSSR count). The van der Waals surface area contributed by atoms with Crippen molar-refractivity contribution in [1.82, 2.24) is 9.88 Å². The Labute approximate surface area is 150 Å². The van der Waals surface area contributed by atoms with Gasteiger partial charge in [-0.3, -0.25) is 4.79 Å². The molecule has 0 bridgehead atoms. The summed E-state index contributed by atoms with van der Waals surface area (Å²) in [5, 5.41) is 2.11. The fourth-order valence-electron chi connectivity index (χ4n) is 3.04. The van der Waals surface area contributed by atoms with Crippen LogP contribution in [0.2, 0.25) is 10.0 Å². The summed E-state index contributed by atoms with van der Waals surface area (Å²) in [4.78, 5) is 18.2. The molecule has 1 N–H and O–H groups in total. The van der Waals surface area contributed by atoms with E-state index in [-0.39, 0.29) is 11.9 Å². The molecular weight excluding hydrogens is 343 g/mol. The lowest BCUT2D eigenvalue weighted by atomic mass is 10.1. The third kappa shape index (κ3) is 2.90. The molecule has 1 aliphatic carbocycles. The van der Waals surface area contributed by atoms with Crippen molar-refractivity contribution in [2.45, 2.75) is 25.4 Å². The molecule has 1 heterocycles. The van der Waals surface area contributed by atoms with Crippen molar-refractivity contribution in [3.05, 3.63) is 69.8 Å². The number of nitrogens with one attached hydrogen (secondary N) is 1. The van der Waals surface area contributed by atoms with Crippen molar-refractivity contribution in [3.63, 3.8) is 0 Å². The molecule has 0 atom stereocenters. The first-order valence-corrected chi connectivity index (χ1v) is 8.70. The maximum atomic E-state index is 13.1. The highest BCUT2D eigenvalue weighted by molar-refractivity contribution is 6.35. The van der Waals surface area contributed by atoms with Crippen LogP contribution >= 0.6 is 23.2 Å². The fourth-order valence-corrected chi connectivity index (χ4v) is 3.41. The molecule has 0 saturated heterocycles. The molecule has 2 aromatic carbocycles. The Morgan fingerprint density at radius 3 is 2.79 bits per heavy atom. The van der Waals surface area contributed by atoms with Crippen LogP contribution in [-0.4, -0.2) is 21.8 Å². The van der Waals surface area contributed by atoms with E-state index in [0.717, 1.165) is 29.3 Å². The second kappa shape index (κ2) is 6.15. The van der Waals surface area contributed by atoms with E-state index in [2.05, 4.69) is 11.1 Å². The summed E-state index contributed by atoms with van der Waals surface area (Å²) < 4.78 is 0. The van der Waals surface area contributed by atoms with Crippen LogP contribution in [0.3, 0.4) is 0 Å². The minimum absolute atomic E-state index is 0.0578. The van der Waals surface area contributed by atoms with Crippen LogP contribution in [0.15, 0.2) is 48.7 Å². The number of rotatable bonds is 4. The van der Waals surface area contributed by atoms with Gasteiger partial charge in [0.15, 0.2) is 0 Å². The zero-order valence-electron chi connectivity index (χ0n) is 12.9. The van der Waals surface area contributed by atoms with Gasteiger partial charge in [-0.05, 0) is 48.7 Å². The van der Waals surface area contributed by atoms with Crippen LogP contribution in [0.1, 0.15) is 28.8 Å². The number of carbonyl (C=O) groups is 1. The summed E-state index contributed by atoms with van der Waals surface area (Å²) in [5.74, 6) is -0.0578. The lowest BCUT2D eigenvalue weighted by molar-refractivity contribution is 0.0731. The number of nitrogens with zero attached hydrogens (tertiary/aromatic N) is 1. The average Bonchev–Trinajstić information content (AvgIpc) is 3.30. The average molecular weight is 359 g/mol. The highest BCUT2D eigenvalue weighted by atomic mass is 35.5. The van der Waals surface area contributed by atoms with Crippen molar-refractivity contribution < 1.29 is 4.79 Å². The number of fused-ring (bicyclic) bond motifs is 1. The van der Waals surface area contributed by atoms with Gasteiger partial charge in [-0.25, -0.2) is 0 Å². The Bertz CT molecular complexity index is 915. The summed E-state index contributed by atoms with van der Waals surface area (Å²) in [6, 6.07) is 13.5. The molecule has 3 aromatic rings. The number of benzene rings is 2. The van der Waals surface area contributed by atoms with Crippen LogP contribution < -0.4 is 0 Å². The number of H-pyrrole nitrogens is 1. The molecule has 1 aliphatic rings. The van der Waals surface area contributed by atoms with Crippen molar-refractivity contribution in [2.24, 2.45) is 0 Å². The molecule has 0 spiro atoms. The summed E-state index contributed by atoms with van der Waals surface area (Å²) in [7, 11) is 0. The molecule has 24 heavy (non-hydrogen) atoms. The van der Waals surface area contributed by atoms with Crippen LogP contribution in [0, 0.1) is 0 Å². The van der Waals surface area contributed by atoms with Gasteiger partial charge in [0, 0.05) is 34.7 Å². The Kier molecular flexibility index (Phi) is 3.99. The van der Waals surface area contributed by atoms with Gasteiger partial charge >= 0.3 is 0 Å². The predicted molar refractivity (Wildman–Crippen MR) is 97.7 cm³/mol. The zero-order valence-corrected chi connectivity index (χ0v) is 14.4. The van der Waals surface area contributed by atoms with E-state index in [1.165, 1.54) is 0 Å². The first-order chi connectivity index (χ1) is 11.6. The summed E-state index contributed by atoms with van der Waals surface area (Å²) in [6.45, 7) is 0.571. The first-order valence-electron chi connectivity index (χ1n) is 7.94. The number of hydrogen-bond acceptors (Lipinski definition) is 1. The van der Waals surface area contributed by atoms with Crippen LogP contribution in [0.25, 0.3) is 10.9 Å². The molecule has 122 valence electrons. The number of aromatic amines is 1. The molecular formula is C19H16Cl2N2O. The zero-order chi connectivity index (χ0) is 16.7. The number of hydrogen-bond donors (Lipinski definition) is 1. The summed E-state index contributed by atoms with van der Waals surface area (Å²) in [5.41, 5.74) is 2.68. The largest absolute Gasteiger partial charge is 0.361 e. The maximum absolute atomic E-state index is 13.1. The maximum Gasteiger partial charge on any atom is 0.255 e. The van der Waals surface area contributed by atoms with Crippen LogP contribution in [0.5, 0.6) is 0 Å². The lowest BCUT2D eigenvalue weighted by Crippen LogP contribution is -2.32. The Hall–Kier alpha value is -1.97. The second-order valence-corrected chi connectivity index (χ2v) is 6.99. The van der Waals surface area contributed by atoms with E-state index in [1.54, 1.807) is 18.2 Å². The molecule has 0 radical (unpaired) electrons. The molecule has 0 aliphatic heterocycles. The number of halogens is 2. The highest BCUT2D eigenvalue weighted by Gasteiger charge is 2.34. The molecule has 3 nitrogen and oxygen atoms in total. The van der Waals surface area contributed by atoms with Gasteiger partial charge in [-0.15, -0.1) is 0 Å². The lowest BCUT2D eigenvalue weighted by Gasteiger charge is -2.23. The summed E-state index contributed by atoms with van der Waals surface area (Å²) >= 11 is 12.3. The highest BCUT2D eigenvalue weighted by Crippen LogP contribution is 2.33. The van der Waals surface area contributed by atoms with E-state index in [0.29, 0.717) is 22.2 Å². The molecule has 1 aromatic heterocycles. The van der Waals surface area contributed by atoms with E-state index in [4.69, 9.17) is 23.2 Å². The smallest absolute Gasteiger partial charge is 0.255 e. The Morgan fingerprint density at radius 2 is 2.00 bits per heavy atom. The molecule has 0 unspecified atom stereocenters. The monoisotopic (exact) mass is 358 g/mol. The van der Waals surface area contributed by atoms with Crippen molar-refractivity contribution in [3.8, 4) is 0 Å². The van der Waals surface area contributed by atoms with Gasteiger partial charge in [0.2, 0.25) is 0 Å². The van der Waals surface area contributed by atoms with Crippen molar-refractivity contribution in [1.29, 1.82) is 0 Å². The molecule has 1 saturated carbocycles. The number of amides is 1. The molecule has 1 amide bonds. The van der Waals surface area contributed by atoms with E-state index in [1.807, 2.05) is 29.3 Å². The van der Waals surface area contributed by atoms with E-state index in [9.17, 15) is 4.79 Å². The van der Waals surface area contributed by atoms with Crippen LogP contribution in [0.4, 0.5) is 0 Å². The van der Waals surface area contributed by atoms with Gasteiger partial charge in [-0.1, -0.05) is 35.3 Å². The number of aromatic nitrogens is 1. The fraction of sp³-hybridized carbons (Fsp3) is 0.211. The molecule has 5 heteroatoms. The van der Waals surface area contributed by atoms with Gasteiger partial charge in [-0.2, -0.15) is 0 Å². The van der Waals surface area contributed by atoms with Crippen LogP contribution in [-0.2, 0) is 6.54 Å². The second-order valence-electron chi connectivity index (χ2n) is 6.14. The van der Waals surface area contributed by atoms with E-state index < -0.39 is 0 Å². The first kappa shape index (κ1) is 15.6. The minimum atomic E-state index is -0.0578. The van der Waals surface area contributed by atoms with Gasteiger partial charge in [0.05, 0.1) is 10.6 Å². The van der Waals surface area contributed by atoms with Crippen molar-refractivity contribution in [2.75, 3.05) is 0 Å². The SMILES string of the molecule is O=C(c1cc(Cl)ccc1Cl)N(Cc1cccc2[nH]ccc12)C1CC1. The summed E-state index contributed by atoms with van der Waals surface area (Å²) in [6.07, 6.45) is 3.99. The quantitative estimate of drug-likeness (QED) is 0.676. The topological polar surface area (TPSA) is 36.1 Å². The third-order valence-electron chi connectivity index (χ3n) is 4.43. The normalized spacial score (nSPS) is 14.1. The Morgan fingerprint density at radius 1 is 1.17 bits per heavy atom. The van der Waals surface area contributed by atoms with E-state index >= 15 is 0 Å². The van der Waals surface area contributed by atoms with Gasteiger partial charge < -0.3 is 9.88 Å². The standard InChI is InChI=1S/C19H16Cl2N2O/c20-13-4-7-17(21)16(10-13)19(24)23(14-5-6-14)11-12-2-1-3-18-15(12)8-9-22-18/h1-4,7-10,14,22H,5-6,11H2. The molecule has 1 fully saturated rings. The predicted octanol–water partition coefficient (Wildman–Crippen LogP) is 5.28. The van der Waals surface area contributed by atoms with Crippen molar-refractivity contribution >= 4 is 40.0 Å².